The number of aromatic nitrogens is 1. The molecule has 0 amide bonds. The second kappa shape index (κ2) is 3.36. The van der Waals surface area contributed by atoms with Gasteiger partial charge in [0.25, 0.3) is 0 Å². The van der Waals surface area contributed by atoms with Gasteiger partial charge in [0, 0.05) is 11.9 Å². The number of nitriles is 1. The number of pyridine rings is 1. The van der Waals surface area contributed by atoms with E-state index in [0.717, 1.165) is 16.8 Å². The summed E-state index contributed by atoms with van der Waals surface area (Å²) < 4.78 is 0. The summed E-state index contributed by atoms with van der Waals surface area (Å²) in [7, 11) is 0. The number of rotatable bonds is 1. The molecule has 2 heteroatoms. The summed E-state index contributed by atoms with van der Waals surface area (Å²) >= 11 is 0. The van der Waals surface area contributed by atoms with Crippen LogP contribution in [-0.4, -0.2) is 4.98 Å². The molecule has 0 spiro atoms. The van der Waals surface area contributed by atoms with Crippen molar-refractivity contribution in [2.24, 2.45) is 0 Å². The standard InChI is InChI=1S/C10H12N2/c1-7(2)10-6-12-8(3)4-9(10)5-11/h4,6-7H,1-3H3. The molecule has 0 aliphatic carbocycles. The third-order valence-corrected chi connectivity index (χ3v) is 1.81. The van der Waals surface area contributed by atoms with E-state index < -0.39 is 0 Å². The molecular weight excluding hydrogens is 148 g/mol. The zero-order chi connectivity index (χ0) is 9.14. The summed E-state index contributed by atoms with van der Waals surface area (Å²) in [6, 6.07) is 4.01. The Morgan fingerprint density at radius 1 is 1.50 bits per heavy atom. The molecule has 1 rings (SSSR count). The summed E-state index contributed by atoms with van der Waals surface area (Å²) in [5.41, 5.74) is 2.68. The lowest BCUT2D eigenvalue weighted by Gasteiger charge is -2.06. The molecule has 0 unspecified atom stereocenters. The molecule has 2 nitrogen and oxygen atoms in total. The van der Waals surface area contributed by atoms with E-state index in [9.17, 15) is 0 Å². The fraction of sp³-hybridized carbons (Fsp3) is 0.400. The van der Waals surface area contributed by atoms with E-state index in [1.54, 1.807) is 6.20 Å². The molecule has 0 bridgehead atoms. The molecule has 1 aromatic heterocycles. The van der Waals surface area contributed by atoms with Crippen LogP contribution in [0.25, 0.3) is 0 Å². The van der Waals surface area contributed by atoms with Crippen LogP contribution in [0.1, 0.15) is 36.6 Å². The van der Waals surface area contributed by atoms with Crippen molar-refractivity contribution in [1.29, 1.82) is 5.26 Å². The molecule has 0 saturated heterocycles. The van der Waals surface area contributed by atoms with Crippen LogP contribution in [0.2, 0.25) is 0 Å². The van der Waals surface area contributed by atoms with Gasteiger partial charge in [0.05, 0.1) is 11.6 Å². The van der Waals surface area contributed by atoms with Gasteiger partial charge in [-0.1, -0.05) is 13.8 Å². The first-order chi connectivity index (χ1) is 5.65. The van der Waals surface area contributed by atoms with E-state index in [2.05, 4.69) is 24.9 Å². The summed E-state index contributed by atoms with van der Waals surface area (Å²) in [6.07, 6.45) is 1.79. The van der Waals surface area contributed by atoms with Crippen molar-refractivity contribution >= 4 is 0 Å². The van der Waals surface area contributed by atoms with Crippen LogP contribution in [-0.2, 0) is 0 Å². The molecule has 62 valence electrons. The largest absolute Gasteiger partial charge is 0.261 e. The van der Waals surface area contributed by atoms with Crippen LogP contribution in [0.5, 0.6) is 0 Å². The first-order valence-electron chi connectivity index (χ1n) is 4.01. The van der Waals surface area contributed by atoms with Crippen molar-refractivity contribution in [2.45, 2.75) is 26.7 Å². The molecule has 1 aromatic rings. The van der Waals surface area contributed by atoms with Gasteiger partial charge in [0.15, 0.2) is 0 Å². The van der Waals surface area contributed by atoms with E-state index >= 15 is 0 Å². The predicted octanol–water partition coefficient (Wildman–Crippen LogP) is 2.39. The van der Waals surface area contributed by atoms with Crippen LogP contribution in [0.15, 0.2) is 12.3 Å². The van der Waals surface area contributed by atoms with Crippen molar-refractivity contribution in [2.75, 3.05) is 0 Å². The molecule has 0 saturated carbocycles. The molecule has 0 aliphatic rings. The van der Waals surface area contributed by atoms with Crippen LogP contribution in [0.3, 0.4) is 0 Å². The quantitative estimate of drug-likeness (QED) is 0.632. The minimum atomic E-state index is 0.368. The fourth-order valence-electron chi connectivity index (χ4n) is 1.13. The monoisotopic (exact) mass is 160 g/mol. The summed E-state index contributed by atoms with van der Waals surface area (Å²) in [6.45, 7) is 6.02. The second-order valence-corrected chi connectivity index (χ2v) is 3.18. The Morgan fingerprint density at radius 3 is 2.67 bits per heavy atom. The highest BCUT2D eigenvalue weighted by Gasteiger charge is 2.06. The lowest BCUT2D eigenvalue weighted by Crippen LogP contribution is -1.95. The third kappa shape index (κ3) is 1.62. The molecule has 0 atom stereocenters. The Balaban J connectivity index is 3.23. The lowest BCUT2D eigenvalue weighted by atomic mass is 10.00. The molecule has 1 heterocycles. The summed E-state index contributed by atoms with van der Waals surface area (Å²) in [4.78, 5) is 4.16. The van der Waals surface area contributed by atoms with E-state index in [1.165, 1.54) is 0 Å². The maximum absolute atomic E-state index is 8.81. The Hall–Kier alpha value is -1.36. The maximum atomic E-state index is 8.81. The topological polar surface area (TPSA) is 36.7 Å². The average molecular weight is 160 g/mol. The Bertz CT molecular complexity index is 321. The van der Waals surface area contributed by atoms with Crippen molar-refractivity contribution in [3.05, 3.63) is 29.1 Å². The number of nitrogens with zero attached hydrogens (tertiary/aromatic N) is 2. The molecular formula is C10H12N2. The zero-order valence-electron chi connectivity index (χ0n) is 7.63. The molecule has 0 aliphatic heterocycles. The van der Waals surface area contributed by atoms with Gasteiger partial charge < -0.3 is 0 Å². The smallest absolute Gasteiger partial charge is 0.0995 e. The molecule has 0 fully saturated rings. The highest BCUT2D eigenvalue weighted by atomic mass is 14.7. The van der Waals surface area contributed by atoms with Gasteiger partial charge in [-0.15, -0.1) is 0 Å². The van der Waals surface area contributed by atoms with Crippen LogP contribution >= 0.6 is 0 Å². The Morgan fingerprint density at radius 2 is 2.17 bits per heavy atom. The van der Waals surface area contributed by atoms with Crippen LogP contribution < -0.4 is 0 Å². The SMILES string of the molecule is Cc1cc(C#N)c(C(C)C)cn1. The average Bonchev–Trinajstić information content (AvgIpc) is 2.03. The fourth-order valence-corrected chi connectivity index (χ4v) is 1.13. The second-order valence-electron chi connectivity index (χ2n) is 3.18. The van der Waals surface area contributed by atoms with Gasteiger partial charge in [-0.25, -0.2) is 0 Å². The van der Waals surface area contributed by atoms with Gasteiger partial charge in [0.1, 0.15) is 0 Å². The van der Waals surface area contributed by atoms with Crippen molar-refractivity contribution < 1.29 is 0 Å². The number of hydrogen-bond donors (Lipinski definition) is 0. The predicted molar refractivity (Wildman–Crippen MR) is 47.8 cm³/mol. The van der Waals surface area contributed by atoms with E-state index in [1.807, 2.05) is 13.0 Å². The van der Waals surface area contributed by atoms with Gasteiger partial charge in [-0.05, 0) is 24.5 Å². The Labute approximate surface area is 72.9 Å². The Kier molecular flexibility index (Phi) is 2.44. The van der Waals surface area contributed by atoms with E-state index in [0.29, 0.717) is 5.92 Å². The van der Waals surface area contributed by atoms with Crippen molar-refractivity contribution in [3.63, 3.8) is 0 Å². The normalized spacial score (nSPS) is 9.92. The van der Waals surface area contributed by atoms with Crippen LogP contribution in [0, 0.1) is 18.3 Å². The molecule has 0 radical (unpaired) electrons. The first kappa shape index (κ1) is 8.73. The highest BCUT2D eigenvalue weighted by molar-refractivity contribution is 5.38. The third-order valence-electron chi connectivity index (χ3n) is 1.81. The molecule has 0 N–H and O–H groups in total. The van der Waals surface area contributed by atoms with E-state index in [4.69, 9.17) is 5.26 Å². The van der Waals surface area contributed by atoms with Gasteiger partial charge in [-0.2, -0.15) is 5.26 Å². The molecule has 12 heavy (non-hydrogen) atoms. The highest BCUT2D eigenvalue weighted by Crippen LogP contribution is 2.17. The van der Waals surface area contributed by atoms with Crippen LogP contribution in [0.4, 0.5) is 0 Å². The first-order valence-corrected chi connectivity index (χ1v) is 4.01. The van der Waals surface area contributed by atoms with Crippen molar-refractivity contribution in [1.82, 2.24) is 4.98 Å². The zero-order valence-corrected chi connectivity index (χ0v) is 7.63. The number of hydrogen-bond acceptors (Lipinski definition) is 2. The summed E-state index contributed by atoms with van der Waals surface area (Å²) in [5, 5.41) is 8.81. The molecule has 0 aromatic carbocycles. The minimum Gasteiger partial charge on any atom is -0.261 e. The summed E-state index contributed by atoms with van der Waals surface area (Å²) in [5.74, 6) is 0.368. The van der Waals surface area contributed by atoms with E-state index in [-0.39, 0.29) is 0 Å². The van der Waals surface area contributed by atoms with Crippen molar-refractivity contribution in [3.8, 4) is 6.07 Å². The van der Waals surface area contributed by atoms with Gasteiger partial charge in [0.2, 0.25) is 0 Å². The van der Waals surface area contributed by atoms with Gasteiger partial charge in [-0.3, -0.25) is 4.98 Å². The maximum Gasteiger partial charge on any atom is 0.0995 e. The van der Waals surface area contributed by atoms with Gasteiger partial charge >= 0.3 is 0 Å². The minimum absolute atomic E-state index is 0.368. The lowest BCUT2D eigenvalue weighted by molar-refractivity contribution is 0.851. The number of aryl methyl sites for hydroxylation is 1.